The molecule has 96 valence electrons. The van der Waals surface area contributed by atoms with E-state index >= 15 is 0 Å². The summed E-state index contributed by atoms with van der Waals surface area (Å²) in [6, 6.07) is 8.03. The molecule has 1 heterocycles. The maximum atomic E-state index is 13.2. The molecule has 0 aliphatic carbocycles. The Labute approximate surface area is 108 Å². The predicted octanol–water partition coefficient (Wildman–Crippen LogP) is 3.13. The van der Waals surface area contributed by atoms with E-state index in [4.69, 9.17) is 4.74 Å². The van der Waals surface area contributed by atoms with E-state index in [-0.39, 0.29) is 5.56 Å². The molecule has 2 aromatic carbocycles. The molecule has 0 fully saturated rings. The second-order valence-electron chi connectivity index (χ2n) is 4.38. The third-order valence-corrected chi connectivity index (χ3v) is 3.08. The zero-order valence-corrected chi connectivity index (χ0v) is 9.95. The lowest BCUT2D eigenvalue weighted by Crippen LogP contribution is -2.05. The Balaban J connectivity index is 2.07. The van der Waals surface area contributed by atoms with Crippen LogP contribution in [-0.2, 0) is 6.42 Å². The average molecular weight is 260 g/mol. The number of fused-ring (bicyclic) bond motifs is 1. The van der Waals surface area contributed by atoms with Crippen molar-refractivity contribution in [1.82, 2.24) is 0 Å². The molecule has 1 aliphatic rings. The van der Waals surface area contributed by atoms with Gasteiger partial charge in [0.05, 0.1) is 12.2 Å². The van der Waals surface area contributed by atoms with Crippen molar-refractivity contribution in [1.29, 1.82) is 0 Å². The van der Waals surface area contributed by atoms with E-state index in [2.05, 4.69) is 0 Å². The van der Waals surface area contributed by atoms with E-state index in [1.165, 1.54) is 0 Å². The summed E-state index contributed by atoms with van der Waals surface area (Å²) in [5.41, 5.74) is 1.28. The van der Waals surface area contributed by atoms with Crippen LogP contribution in [0.2, 0.25) is 0 Å². The first-order valence-corrected chi connectivity index (χ1v) is 5.90. The molecule has 4 heteroatoms. The number of halogens is 2. The topological polar surface area (TPSA) is 26.3 Å². The van der Waals surface area contributed by atoms with E-state index in [0.717, 1.165) is 30.2 Å². The van der Waals surface area contributed by atoms with Crippen LogP contribution < -0.4 is 4.74 Å². The van der Waals surface area contributed by atoms with Gasteiger partial charge in [0, 0.05) is 18.1 Å². The van der Waals surface area contributed by atoms with Crippen LogP contribution in [0.1, 0.15) is 21.5 Å². The number of carbonyl (C=O) groups excluding carboxylic acids is 1. The van der Waals surface area contributed by atoms with Gasteiger partial charge >= 0.3 is 0 Å². The number of ether oxygens (including phenoxy) is 1. The van der Waals surface area contributed by atoms with Gasteiger partial charge in [-0.15, -0.1) is 0 Å². The van der Waals surface area contributed by atoms with Crippen molar-refractivity contribution in [2.24, 2.45) is 0 Å². The Morgan fingerprint density at radius 3 is 2.58 bits per heavy atom. The van der Waals surface area contributed by atoms with E-state index in [1.807, 2.05) is 6.07 Å². The van der Waals surface area contributed by atoms with E-state index in [9.17, 15) is 13.6 Å². The Morgan fingerprint density at radius 2 is 1.84 bits per heavy atom. The Bertz CT molecular complexity index is 645. The molecule has 19 heavy (non-hydrogen) atoms. The molecule has 2 aromatic rings. The van der Waals surface area contributed by atoms with Crippen LogP contribution in [-0.4, -0.2) is 12.4 Å². The summed E-state index contributed by atoms with van der Waals surface area (Å²) in [5.74, 6) is -1.44. The molecule has 1 aliphatic heterocycles. The number of benzene rings is 2. The minimum absolute atomic E-state index is 0.0126. The molecule has 0 N–H and O–H groups in total. The van der Waals surface area contributed by atoms with E-state index < -0.39 is 17.4 Å². The van der Waals surface area contributed by atoms with Crippen LogP contribution >= 0.6 is 0 Å². The molecule has 3 rings (SSSR count). The molecular formula is C15H10F2O2. The zero-order chi connectivity index (χ0) is 13.4. The summed E-state index contributed by atoms with van der Waals surface area (Å²) in [7, 11) is 0. The van der Waals surface area contributed by atoms with Crippen LogP contribution in [0.25, 0.3) is 0 Å². The van der Waals surface area contributed by atoms with Crippen molar-refractivity contribution >= 4 is 5.78 Å². The van der Waals surface area contributed by atoms with Crippen molar-refractivity contribution < 1.29 is 18.3 Å². The standard InChI is InChI=1S/C15H10F2O2/c16-11-6-10(7-12(17)8-11)14(18)13-3-1-2-9-4-5-19-15(9)13/h1-3,6-8H,4-5H2. The quantitative estimate of drug-likeness (QED) is 0.775. The van der Waals surface area contributed by atoms with E-state index in [1.54, 1.807) is 12.1 Å². The summed E-state index contributed by atoms with van der Waals surface area (Å²) in [5, 5.41) is 0. The third-order valence-electron chi connectivity index (χ3n) is 3.08. The van der Waals surface area contributed by atoms with Gasteiger partial charge in [0.25, 0.3) is 0 Å². The fourth-order valence-electron chi connectivity index (χ4n) is 2.23. The van der Waals surface area contributed by atoms with Gasteiger partial charge < -0.3 is 4.74 Å². The van der Waals surface area contributed by atoms with Gasteiger partial charge in [-0.05, 0) is 23.8 Å². The van der Waals surface area contributed by atoms with Crippen molar-refractivity contribution in [2.45, 2.75) is 6.42 Å². The minimum Gasteiger partial charge on any atom is -0.492 e. The van der Waals surface area contributed by atoms with Gasteiger partial charge in [-0.1, -0.05) is 12.1 Å². The molecule has 0 aromatic heterocycles. The van der Waals surface area contributed by atoms with Crippen molar-refractivity contribution in [3.8, 4) is 5.75 Å². The fourth-order valence-corrected chi connectivity index (χ4v) is 2.23. The van der Waals surface area contributed by atoms with Crippen LogP contribution in [0.4, 0.5) is 8.78 Å². The molecule has 0 unspecified atom stereocenters. The summed E-state index contributed by atoms with van der Waals surface area (Å²) in [6.07, 6.45) is 0.744. The number of para-hydroxylation sites is 1. The average Bonchev–Trinajstić information content (AvgIpc) is 2.84. The number of rotatable bonds is 2. The SMILES string of the molecule is O=C(c1cc(F)cc(F)c1)c1cccc2c1OCC2. The molecule has 2 nitrogen and oxygen atoms in total. The monoisotopic (exact) mass is 260 g/mol. The molecule has 0 saturated heterocycles. The summed E-state index contributed by atoms with van der Waals surface area (Å²) in [6.45, 7) is 0.525. The van der Waals surface area contributed by atoms with Gasteiger partial charge in [0.1, 0.15) is 17.4 Å². The fraction of sp³-hybridized carbons (Fsp3) is 0.133. The van der Waals surface area contributed by atoms with Gasteiger partial charge in [-0.2, -0.15) is 0 Å². The Morgan fingerprint density at radius 1 is 1.11 bits per heavy atom. The summed E-state index contributed by atoms with van der Waals surface area (Å²) < 4.78 is 31.7. The molecule has 0 saturated carbocycles. The summed E-state index contributed by atoms with van der Waals surface area (Å²) in [4.78, 5) is 12.3. The first kappa shape index (κ1) is 11.8. The lowest BCUT2D eigenvalue weighted by molar-refractivity contribution is 0.103. The highest BCUT2D eigenvalue weighted by Gasteiger charge is 2.22. The lowest BCUT2D eigenvalue weighted by Gasteiger charge is -2.07. The van der Waals surface area contributed by atoms with Crippen molar-refractivity contribution in [2.75, 3.05) is 6.61 Å². The molecule has 0 amide bonds. The van der Waals surface area contributed by atoms with Crippen LogP contribution in [0, 0.1) is 11.6 Å². The summed E-state index contributed by atoms with van der Waals surface area (Å²) >= 11 is 0. The van der Waals surface area contributed by atoms with Crippen LogP contribution in [0.5, 0.6) is 5.75 Å². The zero-order valence-electron chi connectivity index (χ0n) is 9.95. The molecule has 0 radical (unpaired) electrons. The van der Waals surface area contributed by atoms with Gasteiger partial charge in [0.15, 0.2) is 5.78 Å². The second kappa shape index (κ2) is 4.46. The maximum Gasteiger partial charge on any atom is 0.196 e. The van der Waals surface area contributed by atoms with Crippen LogP contribution in [0.3, 0.4) is 0 Å². The van der Waals surface area contributed by atoms with E-state index in [0.29, 0.717) is 17.9 Å². The molecule has 0 spiro atoms. The van der Waals surface area contributed by atoms with Gasteiger partial charge in [-0.3, -0.25) is 4.79 Å². The molecule has 0 atom stereocenters. The largest absolute Gasteiger partial charge is 0.492 e. The normalized spacial score (nSPS) is 12.9. The number of hydrogen-bond donors (Lipinski definition) is 0. The highest BCUT2D eigenvalue weighted by molar-refractivity contribution is 6.11. The van der Waals surface area contributed by atoms with Gasteiger partial charge in [-0.25, -0.2) is 8.78 Å². The second-order valence-corrected chi connectivity index (χ2v) is 4.38. The Hall–Kier alpha value is -2.23. The lowest BCUT2D eigenvalue weighted by atomic mass is 9.99. The smallest absolute Gasteiger partial charge is 0.196 e. The predicted molar refractivity (Wildman–Crippen MR) is 65.4 cm³/mol. The highest BCUT2D eigenvalue weighted by atomic mass is 19.1. The first-order chi connectivity index (χ1) is 9.15. The Kier molecular flexibility index (Phi) is 2.78. The first-order valence-electron chi connectivity index (χ1n) is 5.90. The highest BCUT2D eigenvalue weighted by Crippen LogP contribution is 2.31. The number of ketones is 1. The molecular weight excluding hydrogens is 250 g/mol. The minimum atomic E-state index is -0.767. The van der Waals surface area contributed by atoms with Crippen LogP contribution in [0.15, 0.2) is 36.4 Å². The molecule has 0 bridgehead atoms. The number of carbonyl (C=O) groups is 1. The third kappa shape index (κ3) is 2.10. The van der Waals surface area contributed by atoms with Gasteiger partial charge in [0.2, 0.25) is 0 Å². The maximum absolute atomic E-state index is 13.2. The van der Waals surface area contributed by atoms with Crippen molar-refractivity contribution in [3.63, 3.8) is 0 Å². The number of hydrogen-bond acceptors (Lipinski definition) is 2. The van der Waals surface area contributed by atoms with Crippen molar-refractivity contribution in [3.05, 3.63) is 64.7 Å².